The summed E-state index contributed by atoms with van der Waals surface area (Å²) in [5.41, 5.74) is 2.88. The topological polar surface area (TPSA) is 58.2 Å². The molecule has 1 fully saturated rings. The zero-order chi connectivity index (χ0) is 14.8. The lowest BCUT2D eigenvalue weighted by molar-refractivity contribution is 0.576. The van der Waals surface area contributed by atoms with Gasteiger partial charge < -0.3 is 5.32 Å². The van der Waals surface area contributed by atoms with Crippen LogP contribution in [0.15, 0.2) is 17.0 Å². The molecule has 0 amide bonds. The lowest BCUT2D eigenvalue weighted by Crippen LogP contribution is -2.27. The summed E-state index contributed by atoms with van der Waals surface area (Å²) < 4.78 is 27.6. The molecule has 4 nitrogen and oxygen atoms in total. The van der Waals surface area contributed by atoms with E-state index in [1.165, 1.54) is 0 Å². The molecule has 1 aliphatic carbocycles. The summed E-state index contributed by atoms with van der Waals surface area (Å²) >= 11 is 0. The Kier molecular flexibility index (Phi) is 4.83. The molecule has 0 unspecified atom stereocenters. The largest absolute Gasteiger partial charge is 0.313 e. The highest BCUT2D eigenvalue weighted by molar-refractivity contribution is 7.89. The zero-order valence-corrected chi connectivity index (χ0v) is 13.3. The van der Waals surface area contributed by atoms with Gasteiger partial charge in [0.15, 0.2) is 0 Å². The first-order valence-electron chi connectivity index (χ1n) is 7.24. The Bertz CT molecular complexity index is 578. The van der Waals surface area contributed by atoms with Crippen molar-refractivity contribution in [3.8, 4) is 0 Å². The van der Waals surface area contributed by atoms with Gasteiger partial charge in [-0.25, -0.2) is 13.1 Å². The zero-order valence-electron chi connectivity index (χ0n) is 12.5. The van der Waals surface area contributed by atoms with Crippen LogP contribution in [0.2, 0.25) is 0 Å². The fraction of sp³-hybridized carbons (Fsp3) is 0.600. The van der Waals surface area contributed by atoms with Gasteiger partial charge in [0.2, 0.25) is 10.0 Å². The molecule has 2 N–H and O–H groups in total. The predicted molar refractivity (Wildman–Crippen MR) is 81.2 cm³/mol. The van der Waals surface area contributed by atoms with E-state index in [9.17, 15) is 8.42 Å². The van der Waals surface area contributed by atoms with E-state index in [1.54, 1.807) is 6.07 Å². The minimum Gasteiger partial charge on any atom is -0.313 e. The summed E-state index contributed by atoms with van der Waals surface area (Å²) in [4.78, 5) is 0.422. The molecule has 0 atom stereocenters. The Hall–Kier alpha value is -0.910. The maximum atomic E-state index is 12.4. The third kappa shape index (κ3) is 3.81. The normalized spacial score (nSPS) is 15.6. The van der Waals surface area contributed by atoms with Crippen LogP contribution in [0, 0.1) is 19.8 Å². The first-order valence-corrected chi connectivity index (χ1v) is 8.73. The molecule has 0 bridgehead atoms. The van der Waals surface area contributed by atoms with Crippen LogP contribution in [0.4, 0.5) is 0 Å². The first kappa shape index (κ1) is 15.5. The average Bonchev–Trinajstić information content (AvgIpc) is 3.21. The highest BCUT2D eigenvalue weighted by Gasteiger charge is 2.25. The van der Waals surface area contributed by atoms with Crippen molar-refractivity contribution in [2.75, 3.05) is 13.1 Å². The highest BCUT2D eigenvalue weighted by Crippen LogP contribution is 2.28. The Balaban J connectivity index is 2.25. The van der Waals surface area contributed by atoms with Gasteiger partial charge in [-0.05, 0) is 61.9 Å². The van der Waals surface area contributed by atoms with Gasteiger partial charge in [0, 0.05) is 13.1 Å². The van der Waals surface area contributed by atoms with Gasteiger partial charge in [-0.1, -0.05) is 13.0 Å². The van der Waals surface area contributed by atoms with E-state index in [2.05, 4.69) is 16.1 Å². The van der Waals surface area contributed by atoms with E-state index in [0.717, 1.165) is 36.1 Å². The van der Waals surface area contributed by atoms with Gasteiger partial charge in [0.05, 0.1) is 4.90 Å². The molecule has 0 aromatic heterocycles. The monoisotopic (exact) mass is 296 g/mol. The van der Waals surface area contributed by atoms with Gasteiger partial charge in [-0.3, -0.25) is 0 Å². The molecule has 1 aromatic carbocycles. The van der Waals surface area contributed by atoms with Crippen molar-refractivity contribution >= 4 is 10.0 Å². The van der Waals surface area contributed by atoms with Crippen molar-refractivity contribution in [2.45, 2.75) is 45.1 Å². The van der Waals surface area contributed by atoms with Crippen LogP contribution < -0.4 is 10.0 Å². The van der Waals surface area contributed by atoms with Crippen molar-refractivity contribution in [1.29, 1.82) is 0 Å². The summed E-state index contributed by atoms with van der Waals surface area (Å²) in [5, 5.41) is 3.23. The van der Waals surface area contributed by atoms with Crippen molar-refractivity contribution < 1.29 is 8.42 Å². The van der Waals surface area contributed by atoms with Crippen LogP contribution in [0.3, 0.4) is 0 Å². The van der Waals surface area contributed by atoms with Crippen molar-refractivity contribution in [3.63, 3.8) is 0 Å². The standard InChI is InChI=1S/C15H24N2O2S/c1-4-16-9-14-7-11(2)12(3)15(8-14)20(18,19)17-10-13-5-6-13/h7-8,13,16-17H,4-6,9-10H2,1-3H3. The molecule has 20 heavy (non-hydrogen) atoms. The van der Waals surface area contributed by atoms with E-state index in [-0.39, 0.29) is 0 Å². The minimum absolute atomic E-state index is 0.422. The van der Waals surface area contributed by atoms with Crippen molar-refractivity contribution in [2.24, 2.45) is 5.92 Å². The lowest BCUT2D eigenvalue weighted by atomic mass is 10.1. The molecule has 5 heteroatoms. The van der Waals surface area contributed by atoms with Gasteiger partial charge >= 0.3 is 0 Å². The van der Waals surface area contributed by atoms with Crippen LogP contribution in [0.1, 0.15) is 36.5 Å². The summed E-state index contributed by atoms with van der Waals surface area (Å²) in [7, 11) is -3.39. The second-order valence-corrected chi connectivity index (χ2v) is 7.35. The third-order valence-corrected chi connectivity index (χ3v) is 5.36. The van der Waals surface area contributed by atoms with Gasteiger partial charge in [-0.15, -0.1) is 0 Å². The number of hydrogen-bond donors (Lipinski definition) is 2. The SMILES string of the molecule is CCNCc1cc(C)c(C)c(S(=O)(=O)NCC2CC2)c1. The van der Waals surface area contributed by atoms with E-state index in [4.69, 9.17) is 0 Å². The molecule has 2 rings (SSSR count). The molecule has 1 saturated carbocycles. The van der Waals surface area contributed by atoms with Crippen LogP contribution in [0.25, 0.3) is 0 Å². The molecule has 1 aliphatic rings. The molecule has 0 radical (unpaired) electrons. The molecule has 0 aliphatic heterocycles. The maximum Gasteiger partial charge on any atom is 0.240 e. The number of rotatable bonds is 7. The first-order chi connectivity index (χ1) is 9.44. The fourth-order valence-electron chi connectivity index (χ4n) is 2.18. The number of benzene rings is 1. The van der Waals surface area contributed by atoms with Crippen LogP contribution in [-0.2, 0) is 16.6 Å². The molecule has 0 spiro atoms. The van der Waals surface area contributed by atoms with E-state index >= 15 is 0 Å². The summed E-state index contributed by atoms with van der Waals surface area (Å²) in [6, 6.07) is 3.85. The van der Waals surface area contributed by atoms with Crippen molar-refractivity contribution in [3.05, 3.63) is 28.8 Å². The van der Waals surface area contributed by atoms with Gasteiger partial charge in [-0.2, -0.15) is 0 Å². The summed E-state index contributed by atoms with van der Waals surface area (Å²) in [5.74, 6) is 0.538. The summed E-state index contributed by atoms with van der Waals surface area (Å²) in [6.45, 7) is 8.01. The molecule has 1 aromatic rings. The number of sulfonamides is 1. The molecular weight excluding hydrogens is 272 g/mol. The Morgan fingerprint density at radius 2 is 1.95 bits per heavy atom. The van der Waals surface area contributed by atoms with Crippen LogP contribution >= 0.6 is 0 Å². The minimum atomic E-state index is -3.39. The Morgan fingerprint density at radius 3 is 2.55 bits per heavy atom. The molecule has 0 heterocycles. The second-order valence-electron chi connectivity index (χ2n) is 5.61. The lowest BCUT2D eigenvalue weighted by Gasteiger charge is -2.14. The Morgan fingerprint density at radius 1 is 1.25 bits per heavy atom. The van der Waals surface area contributed by atoms with E-state index in [1.807, 2.05) is 20.8 Å². The molecular formula is C15H24N2O2S. The van der Waals surface area contributed by atoms with Crippen molar-refractivity contribution in [1.82, 2.24) is 10.0 Å². The number of aryl methyl sites for hydroxylation is 1. The van der Waals surface area contributed by atoms with E-state index < -0.39 is 10.0 Å². The third-order valence-electron chi connectivity index (χ3n) is 3.81. The molecule has 112 valence electrons. The number of hydrogen-bond acceptors (Lipinski definition) is 3. The average molecular weight is 296 g/mol. The highest BCUT2D eigenvalue weighted by atomic mass is 32.2. The summed E-state index contributed by atoms with van der Waals surface area (Å²) in [6.07, 6.45) is 2.28. The van der Waals surface area contributed by atoms with Gasteiger partial charge in [0.25, 0.3) is 0 Å². The van der Waals surface area contributed by atoms with Gasteiger partial charge in [0.1, 0.15) is 0 Å². The maximum absolute atomic E-state index is 12.4. The molecule has 0 saturated heterocycles. The van der Waals surface area contributed by atoms with Crippen LogP contribution in [-0.4, -0.2) is 21.5 Å². The predicted octanol–water partition coefficient (Wildman–Crippen LogP) is 2.10. The number of nitrogens with one attached hydrogen (secondary N) is 2. The van der Waals surface area contributed by atoms with E-state index in [0.29, 0.717) is 23.9 Å². The van der Waals surface area contributed by atoms with Crippen LogP contribution in [0.5, 0.6) is 0 Å². The Labute approximate surface area is 122 Å². The quantitative estimate of drug-likeness (QED) is 0.810. The second kappa shape index (κ2) is 6.24. The fourth-order valence-corrected chi connectivity index (χ4v) is 3.66. The smallest absolute Gasteiger partial charge is 0.240 e.